The molecule has 92 valence electrons. The van der Waals surface area contributed by atoms with E-state index >= 15 is 0 Å². The molecule has 1 N–H and O–H groups in total. The van der Waals surface area contributed by atoms with E-state index in [1.54, 1.807) is 0 Å². The maximum absolute atomic E-state index is 3.51. The molecule has 1 aliphatic heterocycles. The fourth-order valence-electron chi connectivity index (χ4n) is 2.82. The van der Waals surface area contributed by atoms with Gasteiger partial charge in [0.15, 0.2) is 0 Å². The van der Waals surface area contributed by atoms with Crippen molar-refractivity contribution in [2.75, 3.05) is 11.9 Å². The van der Waals surface area contributed by atoms with Gasteiger partial charge in [0.25, 0.3) is 0 Å². The van der Waals surface area contributed by atoms with E-state index in [0.29, 0.717) is 0 Å². The quantitative estimate of drug-likeness (QED) is 0.813. The Balaban J connectivity index is 2.13. The van der Waals surface area contributed by atoms with Gasteiger partial charge in [0, 0.05) is 22.1 Å². The fraction of sp³-hybridized carbons (Fsp3) is 0.250. The van der Waals surface area contributed by atoms with Crippen molar-refractivity contribution in [2.45, 2.75) is 18.8 Å². The first kappa shape index (κ1) is 11.8. The van der Waals surface area contributed by atoms with E-state index in [1.807, 2.05) is 0 Å². The van der Waals surface area contributed by atoms with E-state index in [0.717, 1.165) is 17.4 Å². The molecule has 1 unspecified atom stereocenters. The molecule has 0 fully saturated rings. The first-order valence-electron chi connectivity index (χ1n) is 6.29. The highest BCUT2D eigenvalue weighted by Crippen LogP contribution is 2.42. The normalized spacial score (nSPS) is 22.1. The number of benzene rings is 2. The van der Waals surface area contributed by atoms with Crippen molar-refractivity contribution in [3.05, 3.63) is 64.1 Å². The molecule has 18 heavy (non-hydrogen) atoms. The van der Waals surface area contributed by atoms with Crippen LogP contribution in [0.3, 0.4) is 0 Å². The van der Waals surface area contributed by atoms with E-state index in [1.165, 1.54) is 16.8 Å². The zero-order valence-electron chi connectivity index (χ0n) is 10.4. The lowest BCUT2D eigenvalue weighted by molar-refractivity contribution is 0.522. The van der Waals surface area contributed by atoms with Crippen LogP contribution in [0.25, 0.3) is 0 Å². The lowest BCUT2D eigenvalue weighted by Crippen LogP contribution is -2.32. The standard InChI is InChI=1S/C16H16BrN/c1-16(12-6-8-13(17)9-7-12)10-11-18-15-5-3-2-4-14(15)16/h2-9,18H,10-11H2,1H3. The van der Waals surface area contributed by atoms with Crippen molar-refractivity contribution >= 4 is 21.6 Å². The van der Waals surface area contributed by atoms with Gasteiger partial charge in [-0.15, -0.1) is 0 Å². The molecule has 0 radical (unpaired) electrons. The second-order valence-electron chi connectivity index (χ2n) is 5.06. The van der Waals surface area contributed by atoms with Gasteiger partial charge in [-0.2, -0.15) is 0 Å². The molecule has 0 saturated carbocycles. The van der Waals surface area contributed by atoms with Crippen LogP contribution in [0.15, 0.2) is 53.0 Å². The molecule has 0 amide bonds. The third-order valence-electron chi connectivity index (χ3n) is 3.94. The number of rotatable bonds is 1. The highest BCUT2D eigenvalue weighted by Gasteiger charge is 2.33. The largest absolute Gasteiger partial charge is 0.385 e. The molecule has 0 saturated heterocycles. The van der Waals surface area contributed by atoms with Gasteiger partial charge >= 0.3 is 0 Å². The van der Waals surface area contributed by atoms with Gasteiger partial charge in [0.2, 0.25) is 0 Å². The second-order valence-corrected chi connectivity index (χ2v) is 5.98. The van der Waals surface area contributed by atoms with Crippen LogP contribution in [0.1, 0.15) is 24.5 Å². The van der Waals surface area contributed by atoms with Gasteiger partial charge in [-0.05, 0) is 35.7 Å². The summed E-state index contributed by atoms with van der Waals surface area (Å²) < 4.78 is 1.14. The minimum Gasteiger partial charge on any atom is -0.385 e. The van der Waals surface area contributed by atoms with Crippen molar-refractivity contribution in [3.63, 3.8) is 0 Å². The summed E-state index contributed by atoms with van der Waals surface area (Å²) in [5.74, 6) is 0. The maximum Gasteiger partial charge on any atom is 0.0381 e. The summed E-state index contributed by atoms with van der Waals surface area (Å²) in [5.41, 5.74) is 4.18. The average molecular weight is 302 g/mol. The Morgan fingerprint density at radius 1 is 1.06 bits per heavy atom. The summed E-state index contributed by atoms with van der Waals surface area (Å²) in [5, 5.41) is 3.49. The Kier molecular flexibility index (Phi) is 2.90. The Morgan fingerprint density at radius 3 is 2.56 bits per heavy atom. The van der Waals surface area contributed by atoms with Gasteiger partial charge in [-0.25, -0.2) is 0 Å². The molecule has 0 spiro atoms. The van der Waals surface area contributed by atoms with Gasteiger partial charge in [-0.3, -0.25) is 0 Å². The molecular formula is C16H16BrN. The van der Waals surface area contributed by atoms with E-state index in [9.17, 15) is 0 Å². The second kappa shape index (κ2) is 4.43. The van der Waals surface area contributed by atoms with Crippen molar-refractivity contribution < 1.29 is 0 Å². The molecule has 0 aliphatic carbocycles. The summed E-state index contributed by atoms with van der Waals surface area (Å²) in [7, 11) is 0. The van der Waals surface area contributed by atoms with Crippen molar-refractivity contribution in [1.29, 1.82) is 0 Å². The molecule has 1 atom stereocenters. The number of nitrogens with one attached hydrogen (secondary N) is 1. The van der Waals surface area contributed by atoms with Crippen LogP contribution in [0.4, 0.5) is 5.69 Å². The average Bonchev–Trinajstić information content (AvgIpc) is 2.40. The van der Waals surface area contributed by atoms with Crippen LogP contribution in [0.2, 0.25) is 0 Å². The summed E-state index contributed by atoms with van der Waals surface area (Å²) >= 11 is 3.51. The van der Waals surface area contributed by atoms with Gasteiger partial charge < -0.3 is 5.32 Å². The summed E-state index contributed by atoms with van der Waals surface area (Å²) in [4.78, 5) is 0. The first-order valence-corrected chi connectivity index (χ1v) is 7.09. The SMILES string of the molecule is CC1(c2ccc(Br)cc2)CCNc2ccccc21. The number of halogens is 1. The number of anilines is 1. The fourth-order valence-corrected chi connectivity index (χ4v) is 3.08. The third kappa shape index (κ3) is 1.85. The van der Waals surface area contributed by atoms with E-state index < -0.39 is 0 Å². The monoisotopic (exact) mass is 301 g/mol. The highest BCUT2D eigenvalue weighted by molar-refractivity contribution is 9.10. The Labute approximate surface area is 116 Å². The zero-order chi connectivity index (χ0) is 12.6. The summed E-state index contributed by atoms with van der Waals surface area (Å²) in [6.45, 7) is 3.37. The molecule has 1 nitrogen and oxygen atoms in total. The Bertz CT molecular complexity index is 562. The van der Waals surface area contributed by atoms with Crippen LogP contribution in [0, 0.1) is 0 Å². The zero-order valence-corrected chi connectivity index (χ0v) is 12.0. The number of para-hydroxylation sites is 1. The van der Waals surface area contributed by atoms with E-state index in [-0.39, 0.29) is 5.41 Å². The third-order valence-corrected chi connectivity index (χ3v) is 4.47. The molecule has 2 aromatic carbocycles. The molecule has 1 aliphatic rings. The number of hydrogen-bond donors (Lipinski definition) is 1. The van der Waals surface area contributed by atoms with Crippen LogP contribution in [-0.2, 0) is 5.41 Å². The predicted molar refractivity (Wildman–Crippen MR) is 80.1 cm³/mol. The summed E-state index contributed by atoms with van der Waals surface area (Å²) in [6.07, 6.45) is 1.13. The van der Waals surface area contributed by atoms with Crippen LogP contribution >= 0.6 is 15.9 Å². The Morgan fingerprint density at radius 2 is 1.78 bits per heavy atom. The van der Waals surface area contributed by atoms with Gasteiger partial charge in [-0.1, -0.05) is 53.2 Å². The first-order chi connectivity index (χ1) is 8.70. The van der Waals surface area contributed by atoms with Crippen LogP contribution in [-0.4, -0.2) is 6.54 Å². The molecule has 2 aromatic rings. The lowest BCUT2D eigenvalue weighted by Gasteiger charge is -2.37. The minimum atomic E-state index is 0.114. The molecule has 2 heteroatoms. The van der Waals surface area contributed by atoms with Crippen molar-refractivity contribution in [1.82, 2.24) is 0 Å². The number of hydrogen-bond acceptors (Lipinski definition) is 1. The minimum absolute atomic E-state index is 0.114. The number of fused-ring (bicyclic) bond motifs is 1. The smallest absolute Gasteiger partial charge is 0.0381 e. The predicted octanol–water partition coefficient (Wildman–Crippen LogP) is 4.57. The molecular weight excluding hydrogens is 286 g/mol. The topological polar surface area (TPSA) is 12.0 Å². The maximum atomic E-state index is 3.51. The van der Waals surface area contributed by atoms with Gasteiger partial charge in [0.05, 0.1) is 0 Å². The van der Waals surface area contributed by atoms with E-state index in [4.69, 9.17) is 0 Å². The van der Waals surface area contributed by atoms with Crippen molar-refractivity contribution in [2.24, 2.45) is 0 Å². The molecule has 0 bridgehead atoms. The lowest BCUT2D eigenvalue weighted by atomic mass is 9.71. The highest BCUT2D eigenvalue weighted by atomic mass is 79.9. The van der Waals surface area contributed by atoms with Crippen molar-refractivity contribution in [3.8, 4) is 0 Å². The van der Waals surface area contributed by atoms with Crippen LogP contribution in [0.5, 0.6) is 0 Å². The molecule has 1 heterocycles. The van der Waals surface area contributed by atoms with Crippen LogP contribution < -0.4 is 5.32 Å². The summed E-state index contributed by atoms with van der Waals surface area (Å²) in [6, 6.07) is 17.4. The van der Waals surface area contributed by atoms with Gasteiger partial charge in [0.1, 0.15) is 0 Å². The molecule has 0 aromatic heterocycles. The van der Waals surface area contributed by atoms with E-state index in [2.05, 4.69) is 76.7 Å². The molecule has 3 rings (SSSR count). The Hall–Kier alpha value is -1.28.